The highest BCUT2D eigenvalue weighted by molar-refractivity contribution is 7.15. The molecule has 0 fully saturated rings. The second-order valence-corrected chi connectivity index (χ2v) is 5.60. The first-order valence-electron chi connectivity index (χ1n) is 5.03. The molecule has 0 aliphatic heterocycles. The van der Waals surface area contributed by atoms with E-state index in [1.54, 1.807) is 11.3 Å². The minimum atomic E-state index is -0.0589. The summed E-state index contributed by atoms with van der Waals surface area (Å²) in [6.07, 6.45) is 0. The van der Waals surface area contributed by atoms with Crippen molar-refractivity contribution in [2.75, 3.05) is 10.6 Å². The van der Waals surface area contributed by atoms with Gasteiger partial charge in [-0.25, -0.2) is 0 Å². The highest BCUT2D eigenvalue weighted by Gasteiger charge is 2.06. The number of carbonyl (C=O) groups is 1. The third-order valence-corrected chi connectivity index (χ3v) is 3.70. The summed E-state index contributed by atoms with van der Waals surface area (Å²) in [6, 6.07) is 1.90. The van der Waals surface area contributed by atoms with Gasteiger partial charge in [0.05, 0.1) is 12.2 Å². The molecule has 0 aliphatic carbocycles. The van der Waals surface area contributed by atoms with Crippen LogP contribution in [0.15, 0.2) is 11.4 Å². The molecule has 90 valence electrons. The number of nitrogens with zero attached hydrogens (tertiary/aromatic N) is 2. The zero-order valence-electron chi connectivity index (χ0n) is 9.48. The number of carbonyl (C=O) groups excluding carboxylic acids is 1. The van der Waals surface area contributed by atoms with Crippen LogP contribution in [0.3, 0.4) is 0 Å². The minimum absolute atomic E-state index is 0.0589. The number of thiophene rings is 1. The molecule has 1 amide bonds. The third-order valence-electron chi connectivity index (χ3n) is 1.98. The zero-order valence-corrected chi connectivity index (χ0v) is 11.1. The number of aryl methyl sites for hydroxylation is 1. The fourth-order valence-corrected chi connectivity index (χ4v) is 2.66. The maximum atomic E-state index is 11.0. The van der Waals surface area contributed by atoms with Gasteiger partial charge in [0.1, 0.15) is 5.01 Å². The van der Waals surface area contributed by atoms with Crippen LogP contribution in [0.2, 0.25) is 0 Å². The lowest BCUT2D eigenvalue weighted by molar-refractivity contribution is -0.114. The summed E-state index contributed by atoms with van der Waals surface area (Å²) in [5, 5.41) is 17.6. The Morgan fingerprint density at radius 2 is 2.29 bits per heavy atom. The summed E-state index contributed by atoms with van der Waals surface area (Å²) < 4.78 is 0. The first-order valence-corrected chi connectivity index (χ1v) is 6.72. The van der Waals surface area contributed by atoms with E-state index in [1.165, 1.54) is 18.3 Å². The predicted molar refractivity (Wildman–Crippen MR) is 70.6 cm³/mol. The first-order chi connectivity index (χ1) is 8.15. The van der Waals surface area contributed by atoms with Gasteiger partial charge in [-0.1, -0.05) is 11.3 Å². The number of rotatable bonds is 4. The van der Waals surface area contributed by atoms with Crippen LogP contribution < -0.4 is 10.6 Å². The van der Waals surface area contributed by atoms with Crippen LogP contribution in [0.25, 0.3) is 0 Å². The monoisotopic (exact) mass is 268 g/mol. The lowest BCUT2D eigenvalue weighted by Crippen LogP contribution is -2.08. The number of nitrogens with one attached hydrogen (secondary N) is 2. The van der Waals surface area contributed by atoms with Gasteiger partial charge in [-0.15, -0.1) is 21.5 Å². The van der Waals surface area contributed by atoms with Gasteiger partial charge >= 0.3 is 0 Å². The SMILES string of the molecule is CC(=O)Nc1ccsc1CNc1nnc(C)s1. The van der Waals surface area contributed by atoms with Gasteiger partial charge < -0.3 is 10.6 Å². The molecule has 0 saturated heterocycles. The summed E-state index contributed by atoms with van der Waals surface area (Å²) >= 11 is 3.11. The van der Waals surface area contributed by atoms with Gasteiger partial charge in [0.15, 0.2) is 0 Å². The van der Waals surface area contributed by atoms with Crippen LogP contribution in [-0.4, -0.2) is 16.1 Å². The summed E-state index contributed by atoms with van der Waals surface area (Å²) in [6.45, 7) is 4.06. The molecule has 17 heavy (non-hydrogen) atoms. The fraction of sp³-hybridized carbons (Fsp3) is 0.300. The van der Waals surface area contributed by atoms with Crippen molar-refractivity contribution in [1.29, 1.82) is 0 Å². The number of hydrogen-bond donors (Lipinski definition) is 2. The molecule has 7 heteroatoms. The number of hydrogen-bond acceptors (Lipinski definition) is 6. The van der Waals surface area contributed by atoms with Gasteiger partial charge in [0, 0.05) is 11.8 Å². The van der Waals surface area contributed by atoms with E-state index in [-0.39, 0.29) is 5.91 Å². The topological polar surface area (TPSA) is 66.9 Å². The number of aromatic nitrogens is 2. The van der Waals surface area contributed by atoms with Crippen molar-refractivity contribution in [3.63, 3.8) is 0 Å². The van der Waals surface area contributed by atoms with Crippen LogP contribution in [0.4, 0.5) is 10.8 Å². The van der Waals surface area contributed by atoms with Crippen molar-refractivity contribution in [2.24, 2.45) is 0 Å². The third kappa shape index (κ3) is 3.24. The van der Waals surface area contributed by atoms with E-state index in [4.69, 9.17) is 0 Å². The molecule has 0 saturated carbocycles. The van der Waals surface area contributed by atoms with Gasteiger partial charge in [0.2, 0.25) is 11.0 Å². The minimum Gasteiger partial charge on any atom is -0.355 e. The molecule has 2 aromatic rings. The molecule has 2 aromatic heterocycles. The van der Waals surface area contributed by atoms with E-state index < -0.39 is 0 Å². The second-order valence-electron chi connectivity index (χ2n) is 3.42. The average Bonchev–Trinajstić information content (AvgIpc) is 2.84. The Morgan fingerprint density at radius 3 is 2.94 bits per heavy atom. The van der Waals surface area contributed by atoms with Gasteiger partial charge in [-0.3, -0.25) is 4.79 Å². The Balaban J connectivity index is 1.99. The van der Waals surface area contributed by atoms with Crippen molar-refractivity contribution in [1.82, 2.24) is 10.2 Å². The van der Waals surface area contributed by atoms with Crippen LogP contribution in [-0.2, 0) is 11.3 Å². The molecule has 5 nitrogen and oxygen atoms in total. The lowest BCUT2D eigenvalue weighted by Gasteiger charge is -2.04. The summed E-state index contributed by atoms with van der Waals surface area (Å²) in [5.74, 6) is -0.0589. The molecule has 0 atom stereocenters. The number of amides is 1. The predicted octanol–water partition coefficient (Wildman–Crippen LogP) is 2.48. The quantitative estimate of drug-likeness (QED) is 0.894. The van der Waals surface area contributed by atoms with E-state index in [1.807, 2.05) is 18.4 Å². The summed E-state index contributed by atoms with van der Waals surface area (Å²) in [7, 11) is 0. The van der Waals surface area contributed by atoms with E-state index in [2.05, 4.69) is 20.8 Å². The molecule has 0 spiro atoms. The molecule has 0 aliphatic rings. The summed E-state index contributed by atoms with van der Waals surface area (Å²) in [5.41, 5.74) is 0.858. The van der Waals surface area contributed by atoms with Gasteiger partial charge in [-0.05, 0) is 18.4 Å². The Hall–Kier alpha value is -1.47. The molecule has 2 heterocycles. The average molecular weight is 268 g/mol. The first kappa shape index (κ1) is 12.0. The van der Waals surface area contributed by atoms with Crippen molar-refractivity contribution in [3.8, 4) is 0 Å². The van der Waals surface area contributed by atoms with Crippen LogP contribution in [0.1, 0.15) is 16.8 Å². The normalized spacial score (nSPS) is 10.2. The van der Waals surface area contributed by atoms with Crippen molar-refractivity contribution >= 4 is 39.4 Å². The molecule has 0 radical (unpaired) electrons. The molecule has 0 bridgehead atoms. The molecular formula is C10H12N4OS2. The highest BCUT2D eigenvalue weighted by atomic mass is 32.1. The lowest BCUT2D eigenvalue weighted by atomic mass is 10.4. The maximum absolute atomic E-state index is 11.0. The number of anilines is 2. The molecule has 0 aromatic carbocycles. The second kappa shape index (κ2) is 5.24. The Morgan fingerprint density at radius 1 is 1.47 bits per heavy atom. The Labute approximate surface area is 107 Å². The van der Waals surface area contributed by atoms with E-state index in [0.717, 1.165) is 20.7 Å². The smallest absolute Gasteiger partial charge is 0.221 e. The standard InChI is InChI=1S/C10H12N4OS2/c1-6(15)12-8-3-4-16-9(8)5-11-10-14-13-7(2)17-10/h3-4H,5H2,1-2H3,(H,11,14)(H,12,15). The summed E-state index contributed by atoms with van der Waals surface area (Å²) in [4.78, 5) is 12.1. The van der Waals surface area contributed by atoms with E-state index >= 15 is 0 Å². The van der Waals surface area contributed by atoms with Crippen LogP contribution in [0, 0.1) is 6.92 Å². The van der Waals surface area contributed by atoms with Gasteiger partial charge in [0.25, 0.3) is 0 Å². The largest absolute Gasteiger partial charge is 0.355 e. The van der Waals surface area contributed by atoms with Crippen LogP contribution >= 0.6 is 22.7 Å². The Bertz CT molecular complexity index is 520. The molecule has 0 unspecified atom stereocenters. The van der Waals surface area contributed by atoms with Gasteiger partial charge in [-0.2, -0.15) is 0 Å². The fourth-order valence-electron chi connectivity index (χ4n) is 1.30. The van der Waals surface area contributed by atoms with Crippen molar-refractivity contribution in [2.45, 2.75) is 20.4 Å². The van der Waals surface area contributed by atoms with Crippen molar-refractivity contribution < 1.29 is 4.79 Å². The molecule has 2 rings (SSSR count). The van der Waals surface area contributed by atoms with E-state index in [0.29, 0.717) is 6.54 Å². The van der Waals surface area contributed by atoms with Crippen molar-refractivity contribution in [3.05, 3.63) is 21.3 Å². The molecular weight excluding hydrogens is 256 g/mol. The Kier molecular flexibility index (Phi) is 3.70. The zero-order chi connectivity index (χ0) is 12.3. The molecule has 2 N–H and O–H groups in total. The maximum Gasteiger partial charge on any atom is 0.221 e. The highest BCUT2D eigenvalue weighted by Crippen LogP contribution is 2.24. The van der Waals surface area contributed by atoms with Crippen LogP contribution in [0.5, 0.6) is 0 Å². The van der Waals surface area contributed by atoms with E-state index in [9.17, 15) is 4.79 Å².